The Labute approximate surface area is 171 Å². The second-order valence-electron chi connectivity index (χ2n) is 6.82. The molecule has 2 aliphatic rings. The van der Waals surface area contributed by atoms with E-state index in [9.17, 15) is 9.59 Å². The highest BCUT2D eigenvalue weighted by Gasteiger charge is 2.59. The van der Waals surface area contributed by atoms with Crippen LogP contribution < -0.4 is 4.90 Å². The van der Waals surface area contributed by atoms with Gasteiger partial charge >= 0.3 is 0 Å². The van der Waals surface area contributed by atoms with Crippen molar-refractivity contribution in [3.05, 3.63) is 88.1 Å². The van der Waals surface area contributed by atoms with Crippen LogP contribution in [0.4, 0.5) is 5.69 Å². The highest BCUT2D eigenvalue weighted by molar-refractivity contribution is 8.01. The molecule has 0 radical (unpaired) electrons. The Hall–Kier alpha value is -2.57. The van der Waals surface area contributed by atoms with E-state index in [4.69, 9.17) is 0 Å². The van der Waals surface area contributed by atoms with E-state index in [-0.39, 0.29) is 11.8 Å². The number of anilines is 1. The zero-order chi connectivity index (χ0) is 19.1. The molecule has 0 aliphatic carbocycles. The Morgan fingerprint density at radius 1 is 1.00 bits per heavy atom. The maximum Gasteiger partial charge on any atom is 0.268 e. The maximum atomic E-state index is 13.8. The lowest BCUT2D eigenvalue weighted by Crippen LogP contribution is -2.50. The average molecular weight is 407 g/mol. The molecule has 5 rings (SSSR count). The second-order valence-corrected chi connectivity index (χ2v) is 9.06. The van der Waals surface area contributed by atoms with E-state index in [0.717, 1.165) is 22.6 Å². The number of amides is 2. The van der Waals surface area contributed by atoms with Gasteiger partial charge in [0.25, 0.3) is 11.8 Å². The molecule has 6 heteroatoms. The minimum Gasteiger partial charge on any atom is -0.310 e. The third kappa shape index (κ3) is 2.52. The molecule has 1 fully saturated rings. The van der Waals surface area contributed by atoms with Crippen LogP contribution in [-0.2, 0) is 16.2 Å². The van der Waals surface area contributed by atoms with E-state index >= 15 is 0 Å². The molecule has 4 nitrogen and oxygen atoms in total. The molecular weight excluding hydrogens is 388 g/mol. The van der Waals surface area contributed by atoms with Crippen molar-refractivity contribution in [1.29, 1.82) is 0 Å². The summed E-state index contributed by atoms with van der Waals surface area (Å²) in [6.07, 6.45) is 0. The summed E-state index contributed by atoms with van der Waals surface area (Å²) >= 11 is 2.99. The second kappa shape index (κ2) is 6.79. The summed E-state index contributed by atoms with van der Waals surface area (Å²) in [4.78, 5) is 30.3. The Morgan fingerprint density at radius 2 is 1.79 bits per heavy atom. The molecule has 28 heavy (non-hydrogen) atoms. The number of fused-ring (bicyclic) bond motifs is 2. The summed E-state index contributed by atoms with van der Waals surface area (Å²) in [6, 6.07) is 21.6. The maximum absolute atomic E-state index is 13.8. The van der Waals surface area contributed by atoms with Crippen LogP contribution >= 0.6 is 23.1 Å². The lowest BCUT2D eigenvalue weighted by Gasteiger charge is -2.33. The van der Waals surface area contributed by atoms with E-state index < -0.39 is 4.87 Å². The molecule has 3 heterocycles. The van der Waals surface area contributed by atoms with Crippen LogP contribution in [0.2, 0.25) is 0 Å². The van der Waals surface area contributed by atoms with Crippen LogP contribution in [0.15, 0.2) is 72.1 Å². The number of hydrogen-bond acceptors (Lipinski definition) is 4. The zero-order valence-electron chi connectivity index (χ0n) is 15.1. The van der Waals surface area contributed by atoms with Gasteiger partial charge in [-0.25, -0.2) is 0 Å². The number of para-hydroxylation sites is 1. The van der Waals surface area contributed by atoms with Gasteiger partial charge in [0, 0.05) is 17.9 Å². The topological polar surface area (TPSA) is 40.6 Å². The third-order valence-corrected chi connectivity index (χ3v) is 7.54. The van der Waals surface area contributed by atoms with Crippen LogP contribution in [0.1, 0.15) is 20.8 Å². The van der Waals surface area contributed by atoms with Crippen molar-refractivity contribution in [3.8, 4) is 0 Å². The lowest BCUT2D eigenvalue weighted by molar-refractivity contribution is -0.123. The standard InChI is InChI=1S/C22H18N2O2S2/c25-20(19-11-6-13-27-19)24-12-14-28-22(24)17-9-4-5-10-18(17)23(21(22)26)15-16-7-2-1-3-8-16/h1-11,13H,12,14-15H2/t22-/m0/s1. The Kier molecular flexibility index (Phi) is 4.25. The third-order valence-electron chi connectivity index (χ3n) is 5.26. The molecule has 0 unspecified atom stereocenters. The Morgan fingerprint density at radius 3 is 2.57 bits per heavy atom. The zero-order valence-corrected chi connectivity index (χ0v) is 16.7. The van der Waals surface area contributed by atoms with Crippen LogP contribution in [0, 0.1) is 0 Å². The molecule has 1 aromatic heterocycles. The molecule has 0 bridgehead atoms. The molecule has 1 atom stereocenters. The SMILES string of the molecule is O=C(c1cccs1)N1CCS[C@@]12C(=O)N(Cc1ccccc1)c1ccccc12. The van der Waals surface area contributed by atoms with Crippen LogP contribution in [0.3, 0.4) is 0 Å². The van der Waals surface area contributed by atoms with Crippen molar-refractivity contribution in [2.24, 2.45) is 0 Å². The molecule has 1 spiro atoms. The molecule has 3 aromatic rings. The van der Waals surface area contributed by atoms with Gasteiger partial charge in [0.2, 0.25) is 0 Å². The first-order chi connectivity index (χ1) is 13.7. The first kappa shape index (κ1) is 17.5. The van der Waals surface area contributed by atoms with Gasteiger partial charge in [-0.2, -0.15) is 0 Å². The van der Waals surface area contributed by atoms with E-state index in [1.54, 1.807) is 16.7 Å². The molecule has 2 aliphatic heterocycles. The van der Waals surface area contributed by atoms with Gasteiger partial charge in [0.05, 0.1) is 17.1 Å². The van der Waals surface area contributed by atoms with Gasteiger partial charge in [0.1, 0.15) is 0 Å². The largest absolute Gasteiger partial charge is 0.310 e. The number of rotatable bonds is 3. The number of nitrogens with zero attached hydrogens (tertiary/aromatic N) is 2. The summed E-state index contributed by atoms with van der Waals surface area (Å²) in [6.45, 7) is 1.07. The smallest absolute Gasteiger partial charge is 0.268 e. The summed E-state index contributed by atoms with van der Waals surface area (Å²) in [5.74, 6) is 0.658. The van der Waals surface area contributed by atoms with Crippen molar-refractivity contribution in [2.75, 3.05) is 17.2 Å². The van der Waals surface area contributed by atoms with E-state index in [0.29, 0.717) is 18.0 Å². The number of thioether (sulfide) groups is 1. The first-order valence-corrected chi connectivity index (χ1v) is 11.0. The fourth-order valence-corrected chi connectivity index (χ4v) is 6.16. The number of benzene rings is 2. The van der Waals surface area contributed by atoms with Gasteiger partial charge < -0.3 is 9.80 Å². The first-order valence-electron chi connectivity index (χ1n) is 9.16. The van der Waals surface area contributed by atoms with Crippen molar-refractivity contribution < 1.29 is 9.59 Å². The highest BCUT2D eigenvalue weighted by atomic mass is 32.2. The van der Waals surface area contributed by atoms with E-state index in [1.165, 1.54) is 11.3 Å². The van der Waals surface area contributed by atoms with Gasteiger partial charge in [0.15, 0.2) is 4.87 Å². The molecule has 2 amide bonds. The molecule has 0 saturated carbocycles. The summed E-state index contributed by atoms with van der Waals surface area (Å²) < 4.78 is 0. The number of hydrogen-bond donors (Lipinski definition) is 0. The summed E-state index contributed by atoms with van der Waals surface area (Å²) in [7, 11) is 0. The fourth-order valence-electron chi connectivity index (χ4n) is 4.02. The quantitative estimate of drug-likeness (QED) is 0.650. The van der Waals surface area contributed by atoms with Crippen molar-refractivity contribution in [3.63, 3.8) is 0 Å². The number of carbonyl (C=O) groups is 2. The van der Waals surface area contributed by atoms with Gasteiger partial charge in [-0.15, -0.1) is 23.1 Å². The minimum absolute atomic E-state index is 0.0232. The van der Waals surface area contributed by atoms with Crippen LogP contribution in [-0.4, -0.2) is 29.0 Å². The average Bonchev–Trinajstić information content (AvgIpc) is 3.46. The molecule has 140 valence electrons. The monoisotopic (exact) mass is 406 g/mol. The Balaban J connectivity index is 1.59. The summed E-state index contributed by atoms with van der Waals surface area (Å²) in [5.41, 5.74) is 2.89. The molecular formula is C22H18N2O2S2. The van der Waals surface area contributed by atoms with Crippen molar-refractivity contribution in [1.82, 2.24) is 4.90 Å². The van der Waals surface area contributed by atoms with E-state index in [1.807, 2.05) is 77.0 Å². The summed E-state index contributed by atoms with van der Waals surface area (Å²) in [5, 5.41) is 1.90. The van der Waals surface area contributed by atoms with Crippen molar-refractivity contribution >= 4 is 40.6 Å². The van der Waals surface area contributed by atoms with Gasteiger partial charge in [-0.05, 0) is 23.1 Å². The fraction of sp³-hybridized carbons (Fsp3) is 0.182. The lowest BCUT2D eigenvalue weighted by atomic mass is 10.1. The van der Waals surface area contributed by atoms with Gasteiger partial charge in [-0.3, -0.25) is 9.59 Å². The normalized spacial score (nSPS) is 20.8. The Bertz CT molecular complexity index is 1040. The van der Waals surface area contributed by atoms with Crippen LogP contribution in [0.25, 0.3) is 0 Å². The van der Waals surface area contributed by atoms with Crippen LogP contribution in [0.5, 0.6) is 0 Å². The predicted molar refractivity (Wildman–Crippen MR) is 114 cm³/mol. The highest BCUT2D eigenvalue weighted by Crippen LogP contribution is 2.54. The van der Waals surface area contributed by atoms with Crippen molar-refractivity contribution in [2.45, 2.75) is 11.4 Å². The molecule has 2 aromatic carbocycles. The molecule has 0 N–H and O–H groups in total. The van der Waals surface area contributed by atoms with Gasteiger partial charge in [-0.1, -0.05) is 54.6 Å². The van der Waals surface area contributed by atoms with E-state index in [2.05, 4.69) is 0 Å². The number of thiophene rings is 1. The molecule has 1 saturated heterocycles. The number of carbonyl (C=O) groups excluding carboxylic acids is 2. The predicted octanol–water partition coefficient (Wildman–Crippen LogP) is 4.34. The minimum atomic E-state index is -0.966.